The number of halogens is 1. The lowest BCUT2D eigenvalue weighted by atomic mass is 9.96. The highest BCUT2D eigenvalue weighted by Gasteiger charge is 2.27. The molecule has 0 spiro atoms. The summed E-state index contributed by atoms with van der Waals surface area (Å²) in [5.41, 5.74) is 2.84. The Morgan fingerprint density at radius 2 is 1.85 bits per heavy atom. The zero-order chi connectivity index (χ0) is 18.5. The summed E-state index contributed by atoms with van der Waals surface area (Å²) in [6.07, 6.45) is 6.63. The summed E-state index contributed by atoms with van der Waals surface area (Å²) in [4.78, 5) is 23.1. The van der Waals surface area contributed by atoms with E-state index < -0.39 is 0 Å². The Hall–Kier alpha value is -3.08. The molecule has 0 aliphatic carbocycles. The first-order chi connectivity index (χ1) is 12.6. The van der Waals surface area contributed by atoms with E-state index >= 15 is 0 Å². The number of hydrogen-bond acceptors (Lipinski definition) is 3. The van der Waals surface area contributed by atoms with Crippen LogP contribution in [0, 0.1) is 12.7 Å². The van der Waals surface area contributed by atoms with Gasteiger partial charge in [-0.3, -0.25) is 14.8 Å². The number of aryl methyl sites for hydroxylation is 1. The minimum atomic E-state index is -0.353. The molecule has 4 nitrogen and oxygen atoms in total. The molecule has 5 heteroatoms. The molecule has 0 radical (unpaired) electrons. The number of carbonyl (C=O) groups excluding carboxylic acids is 1. The van der Waals surface area contributed by atoms with Gasteiger partial charge in [-0.15, -0.1) is 0 Å². The molecule has 26 heavy (non-hydrogen) atoms. The number of amides is 1. The van der Waals surface area contributed by atoms with Gasteiger partial charge in [0.25, 0.3) is 5.91 Å². The Morgan fingerprint density at radius 1 is 1.08 bits per heavy atom. The van der Waals surface area contributed by atoms with E-state index in [0.717, 1.165) is 11.1 Å². The predicted octanol–water partition coefficient (Wildman–Crippen LogP) is 4.18. The predicted molar refractivity (Wildman–Crippen MR) is 98.2 cm³/mol. The summed E-state index contributed by atoms with van der Waals surface area (Å²) in [6, 6.07) is 11.8. The Balaban J connectivity index is 2.09. The van der Waals surface area contributed by atoms with E-state index in [1.165, 1.54) is 6.07 Å². The highest BCUT2D eigenvalue weighted by Crippen LogP contribution is 2.30. The maximum Gasteiger partial charge on any atom is 0.254 e. The maximum atomic E-state index is 13.8. The van der Waals surface area contributed by atoms with E-state index in [9.17, 15) is 9.18 Å². The molecule has 0 bridgehead atoms. The Labute approximate surface area is 152 Å². The van der Waals surface area contributed by atoms with E-state index in [2.05, 4.69) is 9.97 Å². The number of nitrogens with zero attached hydrogens (tertiary/aromatic N) is 3. The van der Waals surface area contributed by atoms with Gasteiger partial charge in [0.05, 0.1) is 6.04 Å². The van der Waals surface area contributed by atoms with Crippen LogP contribution in [0.1, 0.15) is 40.0 Å². The smallest absolute Gasteiger partial charge is 0.254 e. The van der Waals surface area contributed by atoms with Crippen molar-refractivity contribution in [3.05, 3.63) is 95.3 Å². The molecule has 0 N–H and O–H groups in total. The van der Waals surface area contributed by atoms with Crippen LogP contribution in [0.5, 0.6) is 0 Å². The van der Waals surface area contributed by atoms with E-state index in [1.807, 2.05) is 19.1 Å². The van der Waals surface area contributed by atoms with Crippen LogP contribution >= 0.6 is 0 Å². The van der Waals surface area contributed by atoms with Crippen LogP contribution in [0.3, 0.4) is 0 Å². The highest BCUT2D eigenvalue weighted by atomic mass is 19.1. The van der Waals surface area contributed by atoms with Gasteiger partial charge in [-0.1, -0.05) is 18.2 Å². The standard InChI is InChI=1S/C21H20FN3O/c1-3-25(21(26)16-8-11-23-12-9-16)20(18-5-4-10-24-14-18)17-6-7-19(22)15(2)13-17/h4-14,20H,3H2,1-2H3/t20-/m1/s1. The van der Waals surface area contributed by atoms with Gasteiger partial charge >= 0.3 is 0 Å². The number of aromatic nitrogens is 2. The third-order valence-electron chi connectivity index (χ3n) is 4.34. The van der Waals surface area contributed by atoms with Gasteiger partial charge in [0.2, 0.25) is 0 Å². The van der Waals surface area contributed by atoms with Crippen molar-refractivity contribution >= 4 is 5.91 Å². The van der Waals surface area contributed by atoms with Gasteiger partial charge in [-0.25, -0.2) is 4.39 Å². The van der Waals surface area contributed by atoms with Crippen LogP contribution in [0.15, 0.2) is 67.3 Å². The molecule has 0 aliphatic rings. The first-order valence-electron chi connectivity index (χ1n) is 8.48. The molecule has 3 rings (SSSR count). The van der Waals surface area contributed by atoms with Gasteiger partial charge in [-0.2, -0.15) is 0 Å². The van der Waals surface area contributed by atoms with Crippen LogP contribution in [-0.4, -0.2) is 27.3 Å². The van der Waals surface area contributed by atoms with Gasteiger partial charge in [-0.05, 0) is 54.8 Å². The molecule has 2 aromatic heterocycles. The number of carbonyl (C=O) groups is 1. The van der Waals surface area contributed by atoms with E-state index in [4.69, 9.17) is 0 Å². The average Bonchev–Trinajstić information content (AvgIpc) is 2.69. The van der Waals surface area contributed by atoms with Crippen LogP contribution in [0.4, 0.5) is 4.39 Å². The van der Waals surface area contributed by atoms with Gasteiger partial charge in [0, 0.05) is 36.9 Å². The zero-order valence-electron chi connectivity index (χ0n) is 14.8. The van der Waals surface area contributed by atoms with Crippen molar-refractivity contribution < 1.29 is 9.18 Å². The molecular formula is C21H20FN3O. The van der Waals surface area contributed by atoms with Crippen molar-refractivity contribution in [3.63, 3.8) is 0 Å². The molecule has 0 aliphatic heterocycles. The largest absolute Gasteiger partial charge is 0.328 e. The number of benzene rings is 1. The van der Waals surface area contributed by atoms with Crippen molar-refractivity contribution in [2.24, 2.45) is 0 Å². The molecule has 0 unspecified atom stereocenters. The topological polar surface area (TPSA) is 46.1 Å². The highest BCUT2D eigenvalue weighted by molar-refractivity contribution is 5.94. The van der Waals surface area contributed by atoms with Crippen LogP contribution in [-0.2, 0) is 0 Å². The maximum absolute atomic E-state index is 13.8. The minimum absolute atomic E-state index is 0.106. The van der Waals surface area contributed by atoms with Crippen molar-refractivity contribution in [2.75, 3.05) is 6.54 Å². The molecule has 1 amide bonds. The third kappa shape index (κ3) is 3.61. The molecule has 0 saturated carbocycles. The molecule has 2 heterocycles. The van der Waals surface area contributed by atoms with Crippen molar-refractivity contribution in [2.45, 2.75) is 19.9 Å². The van der Waals surface area contributed by atoms with Crippen LogP contribution in [0.25, 0.3) is 0 Å². The molecule has 0 fully saturated rings. The quantitative estimate of drug-likeness (QED) is 0.694. The minimum Gasteiger partial charge on any atom is -0.328 e. The summed E-state index contributed by atoms with van der Waals surface area (Å²) in [7, 11) is 0. The van der Waals surface area contributed by atoms with Crippen molar-refractivity contribution in [1.29, 1.82) is 0 Å². The molecular weight excluding hydrogens is 329 g/mol. The normalized spacial score (nSPS) is 11.8. The van der Waals surface area contributed by atoms with E-state index in [-0.39, 0.29) is 17.8 Å². The van der Waals surface area contributed by atoms with E-state index in [1.54, 1.807) is 60.9 Å². The summed E-state index contributed by atoms with van der Waals surface area (Å²) in [5, 5.41) is 0. The monoisotopic (exact) mass is 349 g/mol. The van der Waals surface area contributed by atoms with Crippen molar-refractivity contribution in [3.8, 4) is 0 Å². The lowest BCUT2D eigenvalue weighted by molar-refractivity contribution is 0.0716. The van der Waals surface area contributed by atoms with Crippen LogP contribution in [0.2, 0.25) is 0 Å². The second-order valence-electron chi connectivity index (χ2n) is 6.02. The van der Waals surface area contributed by atoms with Gasteiger partial charge < -0.3 is 4.90 Å². The van der Waals surface area contributed by atoms with Crippen molar-refractivity contribution in [1.82, 2.24) is 14.9 Å². The first-order valence-corrected chi connectivity index (χ1v) is 8.48. The van der Waals surface area contributed by atoms with E-state index in [0.29, 0.717) is 17.7 Å². The SMILES string of the molecule is CCN(C(=O)c1ccncc1)[C@@H](c1cccnc1)c1ccc(F)c(C)c1. The average molecular weight is 349 g/mol. The lowest BCUT2D eigenvalue weighted by Crippen LogP contribution is -2.35. The molecule has 3 aromatic rings. The Bertz CT molecular complexity index is 884. The Morgan fingerprint density at radius 3 is 2.46 bits per heavy atom. The molecule has 1 atom stereocenters. The first kappa shape index (κ1) is 17.7. The molecule has 0 saturated heterocycles. The summed E-state index contributed by atoms with van der Waals surface area (Å²) >= 11 is 0. The summed E-state index contributed by atoms with van der Waals surface area (Å²) in [6.45, 7) is 4.15. The van der Waals surface area contributed by atoms with Crippen LogP contribution < -0.4 is 0 Å². The zero-order valence-corrected chi connectivity index (χ0v) is 14.8. The fourth-order valence-corrected chi connectivity index (χ4v) is 3.03. The molecule has 1 aromatic carbocycles. The Kier molecular flexibility index (Phi) is 5.37. The summed E-state index contributed by atoms with van der Waals surface area (Å²) < 4.78 is 13.8. The second kappa shape index (κ2) is 7.87. The third-order valence-corrected chi connectivity index (χ3v) is 4.34. The van der Waals surface area contributed by atoms with Gasteiger partial charge in [0.1, 0.15) is 5.82 Å². The fourth-order valence-electron chi connectivity index (χ4n) is 3.03. The second-order valence-corrected chi connectivity index (χ2v) is 6.02. The fraction of sp³-hybridized carbons (Fsp3) is 0.190. The lowest BCUT2D eigenvalue weighted by Gasteiger charge is -2.32. The van der Waals surface area contributed by atoms with Gasteiger partial charge in [0.15, 0.2) is 0 Å². The summed E-state index contributed by atoms with van der Waals surface area (Å²) in [5.74, 6) is -0.368. The number of hydrogen-bond donors (Lipinski definition) is 0. The number of pyridine rings is 2. The number of rotatable bonds is 5. The molecule has 132 valence electrons.